The predicted octanol–water partition coefficient (Wildman–Crippen LogP) is 3.94. The number of fused-ring (bicyclic) bond motifs is 2. The van der Waals surface area contributed by atoms with E-state index in [0.29, 0.717) is 0 Å². The van der Waals surface area contributed by atoms with Gasteiger partial charge in [0.05, 0.1) is 35.4 Å². The Labute approximate surface area is 173 Å². The molecule has 0 amide bonds. The van der Waals surface area contributed by atoms with E-state index in [2.05, 4.69) is 65.3 Å². The molecule has 0 atom stereocenters. The number of rotatable bonds is 4. The zero-order valence-corrected chi connectivity index (χ0v) is 17.1. The van der Waals surface area contributed by atoms with Crippen LogP contribution in [0.2, 0.25) is 0 Å². The molecule has 0 bridgehead atoms. The molecular weight excluding hydrogens is 388 g/mol. The molecule has 2 aromatic heterocycles. The first kappa shape index (κ1) is 17.8. The fraction of sp³-hybridized carbons (Fsp3) is 0.300. The highest BCUT2D eigenvalue weighted by Crippen LogP contribution is 2.17. The van der Waals surface area contributed by atoms with Crippen molar-refractivity contribution in [1.29, 1.82) is 0 Å². The minimum atomic E-state index is 0.786. The molecule has 0 saturated carbocycles. The lowest BCUT2D eigenvalue weighted by atomic mass is 10.3. The second kappa shape index (κ2) is 7.29. The van der Waals surface area contributed by atoms with E-state index >= 15 is 0 Å². The van der Waals surface area contributed by atoms with Crippen LogP contribution in [-0.4, -0.2) is 55.1 Å². The van der Waals surface area contributed by atoms with Gasteiger partial charge in [-0.25, -0.2) is 0 Å². The van der Waals surface area contributed by atoms with Gasteiger partial charge in [-0.2, -0.15) is 0 Å². The van der Waals surface area contributed by atoms with Gasteiger partial charge < -0.3 is 19.1 Å². The average Bonchev–Trinajstić information content (AvgIpc) is 3.20. The van der Waals surface area contributed by atoms with E-state index in [1.165, 1.54) is 11.0 Å². The molecule has 0 aliphatic carbocycles. The highest BCUT2D eigenvalue weighted by molar-refractivity contribution is 7.71. The summed E-state index contributed by atoms with van der Waals surface area (Å²) in [6, 6.07) is 16.6. The number of hydrogen-bond acceptors (Lipinski definition) is 4. The van der Waals surface area contributed by atoms with Crippen molar-refractivity contribution >= 4 is 46.5 Å². The number of imidazole rings is 2. The number of para-hydroxylation sites is 4. The molecule has 3 heterocycles. The first-order valence-electron chi connectivity index (χ1n) is 9.49. The first-order chi connectivity index (χ1) is 13.7. The van der Waals surface area contributed by atoms with E-state index in [-0.39, 0.29) is 0 Å². The van der Waals surface area contributed by atoms with Crippen molar-refractivity contribution in [3.05, 3.63) is 58.1 Å². The molecule has 0 spiro atoms. The summed E-state index contributed by atoms with van der Waals surface area (Å²) in [5.41, 5.74) is 4.53. The van der Waals surface area contributed by atoms with Crippen molar-refractivity contribution in [3.8, 4) is 0 Å². The van der Waals surface area contributed by atoms with E-state index in [1.807, 2.05) is 12.1 Å². The van der Waals surface area contributed by atoms with Crippen LogP contribution < -0.4 is 0 Å². The van der Waals surface area contributed by atoms with Crippen LogP contribution in [0.5, 0.6) is 0 Å². The average molecular weight is 411 g/mol. The molecular formula is C20H22N6S2. The van der Waals surface area contributed by atoms with Gasteiger partial charge in [0.25, 0.3) is 0 Å². The Morgan fingerprint density at radius 2 is 1.04 bits per heavy atom. The molecule has 5 rings (SSSR count). The number of aromatic nitrogens is 4. The minimum absolute atomic E-state index is 0.786. The standard InChI is InChI=1S/C20H22N6S2/c27-19-21-15-5-1-3-7-17(15)25(19)13-23-9-11-24(12-10-23)14-26-18-8-4-2-6-16(18)22-20(26)28/h1-8H,9-14H2,(H,21,27)(H,22,28). The van der Waals surface area contributed by atoms with Crippen LogP contribution >= 0.6 is 24.4 Å². The normalized spacial score (nSPS) is 16.3. The number of nitrogens with zero attached hydrogens (tertiary/aromatic N) is 4. The smallest absolute Gasteiger partial charge is 0.179 e. The number of piperazine rings is 1. The van der Waals surface area contributed by atoms with E-state index in [1.54, 1.807) is 0 Å². The maximum Gasteiger partial charge on any atom is 0.179 e. The van der Waals surface area contributed by atoms with Gasteiger partial charge in [0.2, 0.25) is 0 Å². The number of nitrogens with one attached hydrogen (secondary N) is 2. The predicted molar refractivity (Wildman–Crippen MR) is 117 cm³/mol. The van der Waals surface area contributed by atoms with E-state index in [9.17, 15) is 0 Å². The molecule has 0 unspecified atom stereocenters. The molecule has 2 aromatic carbocycles. The van der Waals surface area contributed by atoms with E-state index < -0.39 is 0 Å². The van der Waals surface area contributed by atoms with Crippen LogP contribution in [0.3, 0.4) is 0 Å². The Balaban J connectivity index is 1.27. The summed E-state index contributed by atoms with van der Waals surface area (Å²) >= 11 is 11.1. The summed E-state index contributed by atoms with van der Waals surface area (Å²) in [6.07, 6.45) is 0. The van der Waals surface area contributed by atoms with Crippen molar-refractivity contribution in [2.75, 3.05) is 26.2 Å². The molecule has 1 saturated heterocycles. The lowest BCUT2D eigenvalue weighted by Crippen LogP contribution is -2.47. The molecule has 1 fully saturated rings. The third-order valence-corrected chi connectivity index (χ3v) is 6.16. The van der Waals surface area contributed by atoms with Gasteiger partial charge in [-0.05, 0) is 48.7 Å². The zero-order chi connectivity index (χ0) is 19.1. The minimum Gasteiger partial charge on any atom is -0.331 e. The zero-order valence-electron chi connectivity index (χ0n) is 15.5. The highest BCUT2D eigenvalue weighted by Gasteiger charge is 2.19. The van der Waals surface area contributed by atoms with Crippen LogP contribution in [0.4, 0.5) is 0 Å². The third kappa shape index (κ3) is 3.22. The maximum atomic E-state index is 5.53. The number of hydrogen-bond donors (Lipinski definition) is 2. The molecule has 8 heteroatoms. The van der Waals surface area contributed by atoms with Gasteiger partial charge >= 0.3 is 0 Å². The Bertz CT molecular complexity index is 1140. The van der Waals surface area contributed by atoms with Gasteiger partial charge in [0.1, 0.15) is 0 Å². The summed E-state index contributed by atoms with van der Waals surface area (Å²) in [6.45, 7) is 5.69. The largest absolute Gasteiger partial charge is 0.331 e. The van der Waals surface area contributed by atoms with Crippen LogP contribution in [0.1, 0.15) is 0 Å². The molecule has 1 aliphatic rings. The second-order valence-electron chi connectivity index (χ2n) is 7.27. The lowest BCUT2D eigenvalue weighted by molar-refractivity contribution is 0.0885. The van der Waals surface area contributed by atoms with Crippen LogP contribution in [0.15, 0.2) is 48.5 Å². The third-order valence-electron chi connectivity index (χ3n) is 5.51. The SMILES string of the molecule is S=c1[nH]c2ccccc2n1CN1CCN(Cn2c(=S)[nH]c3ccccc32)CC1. The summed E-state index contributed by atoms with van der Waals surface area (Å²) in [5.74, 6) is 0. The van der Waals surface area contributed by atoms with Crippen LogP contribution in [0, 0.1) is 9.54 Å². The summed E-state index contributed by atoms with van der Waals surface area (Å²) < 4.78 is 5.95. The van der Waals surface area contributed by atoms with Crippen LogP contribution in [0.25, 0.3) is 22.1 Å². The Morgan fingerprint density at radius 1 is 0.643 bits per heavy atom. The highest BCUT2D eigenvalue weighted by atomic mass is 32.1. The van der Waals surface area contributed by atoms with Gasteiger partial charge in [0, 0.05) is 26.2 Å². The Morgan fingerprint density at radius 3 is 1.46 bits per heavy atom. The second-order valence-corrected chi connectivity index (χ2v) is 8.04. The van der Waals surface area contributed by atoms with E-state index in [4.69, 9.17) is 24.4 Å². The summed E-state index contributed by atoms with van der Waals surface area (Å²) in [4.78, 5) is 11.5. The quantitative estimate of drug-likeness (QED) is 0.500. The number of H-pyrrole nitrogens is 2. The summed E-state index contributed by atoms with van der Waals surface area (Å²) in [7, 11) is 0. The molecule has 28 heavy (non-hydrogen) atoms. The van der Waals surface area contributed by atoms with Crippen molar-refractivity contribution in [1.82, 2.24) is 28.9 Å². The Hall–Kier alpha value is -2.26. The number of aromatic amines is 2. The van der Waals surface area contributed by atoms with Crippen molar-refractivity contribution in [2.45, 2.75) is 13.3 Å². The van der Waals surface area contributed by atoms with E-state index in [0.717, 1.165) is 60.1 Å². The van der Waals surface area contributed by atoms with Crippen molar-refractivity contribution < 1.29 is 0 Å². The van der Waals surface area contributed by atoms with Crippen LogP contribution in [-0.2, 0) is 13.3 Å². The fourth-order valence-electron chi connectivity index (χ4n) is 3.97. The first-order valence-corrected chi connectivity index (χ1v) is 10.3. The van der Waals surface area contributed by atoms with Gasteiger partial charge in [-0.3, -0.25) is 9.80 Å². The van der Waals surface area contributed by atoms with Gasteiger partial charge in [-0.1, -0.05) is 24.3 Å². The van der Waals surface area contributed by atoms with Crippen molar-refractivity contribution in [3.63, 3.8) is 0 Å². The topological polar surface area (TPSA) is 47.9 Å². The monoisotopic (exact) mass is 410 g/mol. The van der Waals surface area contributed by atoms with Crippen molar-refractivity contribution in [2.24, 2.45) is 0 Å². The molecule has 4 aromatic rings. The number of benzene rings is 2. The molecule has 144 valence electrons. The molecule has 6 nitrogen and oxygen atoms in total. The fourth-order valence-corrected chi connectivity index (χ4v) is 4.50. The molecule has 0 radical (unpaired) electrons. The molecule has 1 aliphatic heterocycles. The summed E-state index contributed by atoms with van der Waals surface area (Å²) in [5, 5.41) is 0. The van der Waals surface area contributed by atoms with Gasteiger partial charge in [0.15, 0.2) is 9.54 Å². The van der Waals surface area contributed by atoms with Gasteiger partial charge in [-0.15, -0.1) is 0 Å². The Kier molecular flexibility index (Phi) is 4.64. The maximum absolute atomic E-state index is 5.53. The molecule has 2 N–H and O–H groups in total. The lowest BCUT2D eigenvalue weighted by Gasteiger charge is -2.35.